The minimum Gasteiger partial charge on any atom is -0.293 e. The van der Waals surface area contributed by atoms with Crippen molar-refractivity contribution in [3.05, 3.63) is 63.0 Å². The predicted octanol–water partition coefficient (Wildman–Crippen LogP) is 3.58. The molecule has 0 amide bonds. The number of benzene rings is 1. The van der Waals surface area contributed by atoms with E-state index in [1.54, 1.807) is 11.3 Å². The Balaban J connectivity index is 2.14. The van der Waals surface area contributed by atoms with Crippen LogP contribution in [0.4, 0.5) is 4.39 Å². The van der Waals surface area contributed by atoms with E-state index in [4.69, 9.17) is 0 Å². The van der Waals surface area contributed by atoms with Crippen LogP contribution in [0.2, 0.25) is 0 Å². The van der Waals surface area contributed by atoms with E-state index in [-0.39, 0.29) is 12.1 Å². The van der Waals surface area contributed by atoms with E-state index in [9.17, 15) is 9.18 Å². The number of fused-ring (bicyclic) bond motifs is 1. The maximum absolute atomic E-state index is 12.9. The molecule has 2 heterocycles. The van der Waals surface area contributed by atoms with E-state index < -0.39 is 6.67 Å². The second-order valence-electron chi connectivity index (χ2n) is 5.12. The third kappa shape index (κ3) is 2.81. The second kappa shape index (κ2) is 6.40. The summed E-state index contributed by atoms with van der Waals surface area (Å²) in [6.45, 7) is 1.54. The molecule has 114 valence electrons. The van der Waals surface area contributed by atoms with Crippen LogP contribution in [0, 0.1) is 0 Å². The van der Waals surface area contributed by atoms with Crippen molar-refractivity contribution in [3.8, 4) is 0 Å². The van der Waals surface area contributed by atoms with Crippen molar-refractivity contribution >= 4 is 21.6 Å². The van der Waals surface area contributed by atoms with E-state index in [2.05, 4.69) is 11.9 Å². The van der Waals surface area contributed by atoms with Crippen molar-refractivity contribution in [2.45, 2.75) is 26.3 Å². The summed E-state index contributed by atoms with van der Waals surface area (Å²) in [6, 6.07) is 11.7. The molecule has 3 aromatic rings. The smallest absolute Gasteiger partial charge is 0.262 e. The molecule has 2 aromatic heterocycles. The Labute approximate surface area is 132 Å². The van der Waals surface area contributed by atoms with Crippen molar-refractivity contribution in [2.24, 2.45) is 0 Å². The van der Waals surface area contributed by atoms with Gasteiger partial charge in [0.1, 0.15) is 17.3 Å². The van der Waals surface area contributed by atoms with Crippen LogP contribution in [-0.2, 0) is 19.4 Å². The lowest BCUT2D eigenvalue weighted by atomic mass is 10.1. The molecule has 0 aliphatic heterocycles. The predicted molar refractivity (Wildman–Crippen MR) is 88.5 cm³/mol. The summed E-state index contributed by atoms with van der Waals surface area (Å²) in [5, 5.41) is 0.604. The molecule has 0 unspecified atom stereocenters. The number of hydrogen-bond acceptors (Lipinski definition) is 3. The average Bonchev–Trinajstić information content (AvgIpc) is 2.95. The quantitative estimate of drug-likeness (QED) is 0.721. The minimum absolute atomic E-state index is 0.0568. The minimum atomic E-state index is -0.570. The maximum atomic E-state index is 12.9. The zero-order valence-corrected chi connectivity index (χ0v) is 13.2. The first-order valence-electron chi connectivity index (χ1n) is 7.35. The summed E-state index contributed by atoms with van der Waals surface area (Å²) in [7, 11) is 0. The number of alkyl halides is 1. The van der Waals surface area contributed by atoms with E-state index >= 15 is 0 Å². The summed E-state index contributed by atoms with van der Waals surface area (Å²) in [6.07, 6.45) is 1.41. The molecule has 3 nitrogen and oxygen atoms in total. The molecular formula is C17H17FN2OS. The number of nitrogens with zero attached hydrogens (tertiary/aromatic N) is 2. The van der Waals surface area contributed by atoms with Crippen molar-refractivity contribution < 1.29 is 4.39 Å². The fraction of sp³-hybridized carbons (Fsp3) is 0.294. The number of hydrogen-bond donors (Lipinski definition) is 0. The molecule has 0 saturated carbocycles. The molecule has 22 heavy (non-hydrogen) atoms. The summed E-state index contributed by atoms with van der Waals surface area (Å²) in [4.78, 5) is 19.1. The van der Waals surface area contributed by atoms with Crippen LogP contribution >= 0.6 is 11.3 Å². The van der Waals surface area contributed by atoms with Gasteiger partial charge in [-0.1, -0.05) is 37.3 Å². The van der Waals surface area contributed by atoms with Crippen molar-refractivity contribution in [1.82, 2.24) is 9.55 Å². The Morgan fingerprint density at radius 3 is 2.73 bits per heavy atom. The number of halogens is 1. The van der Waals surface area contributed by atoms with Gasteiger partial charge in [0.2, 0.25) is 0 Å². The molecule has 0 bridgehead atoms. The standard InChI is InChI=1S/C17H17FN2OS/c1-2-13-11-14-16(22-13)19-15(20(9-8-18)17(14)21)10-12-6-4-3-5-7-12/h3-7,11H,2,8-10H2,1H3. The van der Waals surface area contributed by atoms with Crippen molar-refractivity contribution in [3.63, 3.8) is 0 Å². The van der Waals surface area contributed by atoms with Crippen LogP contribution in [0.1, 0.15) is 23.2 Å². The third-order valence-electron chi connectivity index (χ3n) is 3.64. The van der Waals surface area contributed by atoms with Gasteiger partial charge in [-0.2, -0.15) is 0 Å². The van der Waals surface area contributed by atoms with Gasteiger partial charge >= 0.3 is 0 Å². The Bertz CT molecular complexity index is 839. The molecule has 0 radical (unpaired) electrons. The van der Waals surface area contributed by atoms with E-state index in [0.29, 0.717) is 17.6 Å². The maximum Gasteiger partial charge on any atom is 0.262 e. The van der Waals surface area contributed by atoms with Crippen molar-refractivity contribution in [1.29, 1.82) is 0 Å². The average molecular weight is 316 g/mol. The summed E-state index contributed by atoms with van der Waals surface area (Å²) in [5.74, 6) is 0.630. The van der Waals surface area contributed by atoms with Gasteiger partial charge in [-0.05, 0) is 18.1 Å². The second-order valence-corrected chi connectivity index (χ2v) is 6.24. The Hall–Kier alpha value is -2.01. The molecule has 0 aliphatic rings. The molecule has 0 aliphatic carbocycles. The van der Waals surface area contributed by atoms with Gasteiger partial charge in [-0.25, -0.2) is 9.37 Å². The third-order valence-corrected chi connectivity index (χ3v) is 4.82. The van der Waals surface area contributed by atoms with E-state index in [1.165, 1.54) is 4.57 Å². The molecule has 3 rings (SSSR count). The van der Waals surface area contributed by atoms with Crippen LogP contribution < -0.4 is 5.56 Å². The Morgan fingerprint density at radius 2 is 2.05 bits per heavy atom. The lowest BCUT2D eigenvalue weighted by Gasteiger charge is -2.10. The van der Waals surface area contributed by atoms with Crippen molar-refractivity contribution in [2.75, 3.05) is 6.67 Å². The molecule has 0 fully saturated rings. The van der Waals surface area contributed by atoms with Gasteiger partial charge in [-0.15, -0.1) is 11.3 Å². The zero-order chi connectivity index (χ0) is 15.5. The van der Waals surface area contributed by atoms with Gasteiger partial charge in [-0.3, -0.25) is 9.36 Å². The van der Waals surface area contributed by atoms with Crippen LogP contribution in [0.25, 0.3) is 10.2 Å². The van der Waals surface area contributed by atoms with Gasteiger partial charge in [0.15, 0.2) is 0 Å². The molecule has 0 saturated heterocycles. The lowest BCUT2D eigenvalue weighted by Crippen LogP contribution is -2.26. The highest BCUT2D eigenvalue weighted by atomic mass is 32.1. The van der Waals surface area contributed by atoms with Crippen LogP contribution in [0.5, 0.6) is 0 Å². The van der Waals surface area contributed by atoms with Crippen LogP contribution in [0.15, 0.2) is 41.2 Å². The highest BCUT2D eigenvalue weighted by molar-refractivity contribution is 7.18. The van der Waals surface area contributed by atoms with E-state index in [1.807, 2.05) is 36.4 Å². The number of aromatic nitrogens is 2. The summed E-state index contributed by atoms with van der Waals surface area (Å²) >= 11 is 1.54. The molecule has 0 atom stereocenters. The molecule has 0 spiro atoms. The zero-order valence-electron chi connectivity index (χ0n) is 12.4. The van der Waals surface area contributed by atoms with Crippen LogP contribution in [-0.4, -0.2) is 16.2 Å². The molecule has 1 aromatic carbocycles. The fourth-order valence-electron chi connectivity index (χ4n) is 2.51. The number of aryl methyl sites for hydroxylation is 1. The highest BCUT2D eigenvalue weighted by Gasteiger charge is 2.14. The first kappa shape index (κ1) is 14.9. The van der Waals surface area contributed by atoms with Gasteiger partial charge in [0, 0.05) is 11.3 Å². The normalized spacial score (nSPS) is 11.2. The summed E-state index contributed by atoms with van der Waals surface area (Å²) < 4.78 is 14.3. The molecular weight excluding hydrogens is 299 g/mol. The number of thiophene rings is 1. The van der Waals surface area contributed by atoms with Gasteiger partial charge in [0.05, 0.1) is 11.9 Å². The monoisotopic (exact) mass is 316 g/mol. The Morgan fingerprint density at radius 1 is 1.27 bits per heavy atom. The first-order valence-corrected chi connectivity index (χ1v) is 8.16. The van der Waals surface area contributed by atoms with Gasteiger partial charge in [0.25, 0.3) is 5.56 Å². The van der Waals surface area contributed by atoms with Crippen LogP contribution in [0.3, 0.4) is 0 Å². The SMILES string of the molecule is CCc1cc2c(=O)n(CCF)c(Cc3ccccc3)nc2s1. The van der Waals surface area contributed by atoms with Gasteiger partial charge < -0.3 is 0 Å². The topological polar surface area (TPSA) is 34.9 Å². The summed E-state index contributed by atoms with van der Waals surface area (Å²) in [5.41, 5.74) is 0.929. The highest BCUT2D eigenvalue weighted by Crippen LogP contribution is 2.22. The number of rotatable bonds is 5. The Kier molecular flexibility index (Phi) is 4.34. The first-order chi connectivity index (χ1) is 10.7. The lowest BCUT2D eigenvalue weighted by molar-refractivity contribution is 0.433. The molecule has 5 heteroatoms. The largest absolute Gasteiger partial charge is 0.293 e. The fourth-order valence-corrected chi connectivity index (χ4v) is 3.49. The molecule has 0 N–H and O–H groups in total. The van der Waals surface area contributed by atoms with E-state index in [0.717, 1.165) is 21.7 Å².